The zero-order valence-corrected chi connectivity index (χ0v) is 14.5. The Kier molecular flexibility index (Phi) is 6.39. The molecule has 0 saturated carbocycles. The summed E-state index contributed by atoms with van der Waals surface area (Å²) >= 11 is 0. The maximum atomic E-state index is 12.4. The van der Waals surface area contributed by atoms with E-state index in [9.17, 15) is 9.59 Å². The number of ether oxygens (including phenoxy) is 2. The number of carbonyl (C=O) groups is 2. The number of hydrogen-bond acceptors (Lipinski definition) is 4. The Bertz CT molecular complexity index is 728. The van der Waals surface area contributed by atoms with E-state index in [4.69, 9.17) is 9.47 Å². The molecule has 0 aliphatic heterocycles. The lowest BCUT2D eigenvalue weighted by molar-refractivity contribution is -0.122. The number of carbonyl (C=O) groups excluding carboxylic acids is 2. The first kappa shape index (κ1) is 18.3. The lowest BCUT2D eigenvalue weighted by atomic mass is 10.2. The molecule has 25 heavy (non-hydrogen) atoms. The number of benzene rings is 2. The largest absolute Gasteiger partial charge is 0.497 e. The average molecular weight is 342 g/mol. The Morgan fingerprint density at radius 3 is 2.16 bits per heavy atom. The van der Waals surface area contributed by atoms with Gasteiger partial charge in [0.15, 0.2) is 6.10 Å². The predicted molar refractivity (Wildman–Crippen MR) is 97.1 cm³/mol. The Labute approximate surface area is 147 Å². The molecule has 0 heterocycles. The molecule has 1 atom stereocenters. The van der Waals surface area contributed by atoms with Gasteiger partial charge in [-0.1, -0.05) is 13.0 Å². The van der Waals surface area contributed by atoms with Gasteiger partial charge >= 0.3 is 0 Å². The first-order valence-corrected chi connectivity index (χ1v) is 8.01. The van der Waals surface area contributed by atoms with Crippen LogP contribution in [0.4, 0.5) is 11.4 Å². The fourth-order valence-corrected chi connectivity index (χ4v) is 2.22. The van der Waals surface area contributed by atoms with Crippen LogP contribution < -0.4 is 20.1 Å². The molecule has 2 aromatic rings. The second kappa shape index (κ2) is 8.73. The van der Waals surface area contributed by atoms with Gasteiger partial charge in [0.1, 0.15) is 11.5 Å². The van der Waals surface area contributed by atoms with Crippen molar-refractivity contribution in [2.24, 2.45) is 0 Å². The molecule has 0 fully saturated rings. The van der Waals surface area contributed by atoms with E-state index >= 15 is 0 Å². The Morgan fingerprint density at radius 1 is 1.00 bits per heavy atom. The molecule has 0 saturated heterocycles. The maximum absolute atomic E-state index is 12.4. The van der Waals surface area contributed by atoms with E-state index in [-0.39, 0.29) is 11.8 Å². The monoisotopic (exact) mass is 342 g/mol. The molecule has 0 unspecified atom stereocenters. The predicted octanol–water partition coefficient (Wildman–Crippen LogP) is 3.45. The van der Waals surface area contributed by atoms with Gasteiger partial charge in [-0.25, -0.2) is 0 Å². The molecule has 132 valence electrons. The summed E-state index contributed by atoms with van der Waals surface area (Å²) < 4.78 is 10.9. The third-order valence-corrected chi connectivity index (χ3v) is 3.46. The maximum Gasteiger partial charge on any atom is 0.265 e. The minimum Gasteiger partial charge on any atom is -0.497 e. The third kappa shape index (κ3) is 5.53. The molecule has 0 spiro atoms. The lowest BCUT2D eigenvalue weighted by Gasteiger charge is -2.18. The van der Waals surface area contributed by atoms with Crippen LogP contribution in [0.5, 0.6) is 11.5 Å². The van der Waals surface area contributed by atoms with Gasteiger partial charge in [-0.2, -0.15) is 0 Å². The van der Waals surface area contributed by atoms with Gasteiger partial charge in [0.2, 0.25) is 5.91 Å². The standard InChI is InChI=1S/C19H22N2O4/c1-4-18(25-17-7-5-6-16(12-17)24-3)19(23)21-15-10-8-14(9-11-15)20-13(2)22/h5-12,18H,4H2,1-3H3,(H,20,22)(H,21,23)/t18-/m1/s1. The highest BCUT2D eigenvalue weighted by molar-refractivity contribution is 5.95. The van der Waals surface area contributed by atoms with Crippen LogP contribution in [0.1, 0.15) is 20.3 Å². The molecule has 6 nitrogen and oxygen atoms in total. The van der Waals surface area contributed by atoms with E-state index in [1.165, 1.54) is 6.92 Å². The van der Waals surface area contributed by atoms with E-state index < -0.39 is 6.10 Å². The van der Waals surface area contributed by atoms with E-state index in [0.717, 1.165) is 0 Å². The van der Waals surface area contributed by atoms with Crippen LogP contribution >= 0.6 is 0 Å². The number of amides is 2. The Balaban J connectivity index is 2.00. The highest BCUT2D eigenvalue weighted by atomic mass is 16.5. The summed E-state index contributed by atoms with van der Waals surface area (Å²) in [7, 11) is 1.58. The minimum atomic E-state index is -0.623. The summed E-state index contributed by atoms with van der Waals surface area (Å²) in [6.07, 6.45) is -0.102. The smallest absolute Gasteiger partial charge is 0.265 e. The minimum absolute atomic E-state index is 0.144. The van der Waals surface area contributed by atoms with Crippen molar-refractivity contribution in [1.29, 1.82) is 0 Å². The highest BCUT2D eigenvalue weighted by Gasteiger charge is 2.18. The molecule has 0 aromatic heterocycles. The molecule has 6 heteroatoms. The van der Waals surface area contributed by atoms with Crippen LogP contribution in [-0.4, -0.2) is 25.0 Å². The van der Waals surface area contributed by atoms with Gasteiger partial charge < -0.3 is 20.1 Å². The van der Waals surface area contributed by atoms with E-state index in [1.54, 1.807) is 49.6 Å². The molecule has 2 amide bonds. The molecule has 0 radical (unpaired) electrons. The molecule has 2 aromatic carbocycles. The summed E-state index contributed by atoms with van der Waals surface area (Å²) in [6, 6.07) is 14.0. The topological polar surface area (TPSA) is 76.7 Å². The molecule has 2 N–H and O–H groups in total. The van der Waals surface area contributed by atoms with Crippen molar-refractivity contribution in [2.75, 3.05) is 17.7 Å². The summed E-state index contributed by atoms with van der Waals surface area (Å²) in [4.78, 5) is 23.4. The van der Waals surface area contributed by atoms with Crippen molar-refractivity contribution in [3.8, 4) is 11.5 Å². The molecule has 0 bridgehead atoms. The van der Waals surface area contributed by atoms with Crippen molar-refractivity contribution < 1.29 is 19.1 Å². The summed E-state index contributed by atoms with van der Waals surface area (Å²) in [5, 5.41) is 5.49. The number of hydrogen-bond donors (Lipinski definition) is 2. The zero-order valence-electron chi connectivity index (χ0n) is 14.5. The van der Waals surface area contributed by atoms with Gasteiger partial charge in [0.25, 0.3) is 5.91 Å². The Morgan fingerprint density at radius 2 is 1.60 bits per heavy atom. The number of nitrogens with one attached hydrogen (secondary N) is 2. The van der Waals surface area contributed by atoms with Crippen molar-refractivity contribution in [3.63, 3.8) is 0 Å². The summed E-state index contributed by atoms with van der Waals surface area (Å²) in [6.45, 7) is 3.32. The molecular weight excluding hydrogens is 320 g/mol. The van der Waals surface area contributed by atoms with Crippen molar-refractivity contribution in [2.45, 2.75) is 26.4 Å². The number of methoxy groups -OCH3 is 1. The third-order valence-electron chi connectivity index (χ3n) is 3.46. The highest BCUT2D eigenvalue weighted by Crippen LogP contribution is 2.21. The fraction of sp³-hybridized carbons (Fsp3) is 0.263. The van der Waals surface area contributed by atoms with Gasteiger partial charge in [0.05, 0.1) is 7.11 Å². The second-order valence-electron chi connectivity index (χ2n) is 5.44. The SMILES string of the molecule is CC[C@@H](Oc1cccc(OC)c1)C(=O)Nc1ccc(NC(C)=O)cc1. The fourth-order valence-electron chi connectivity index (χ4n) is 2.22. The average Bonchev–Trinajstić information content (AvgIpc) is 2.61. The van der Waals surface area contributed by atoms with Crippen molar-refractivity contribution >= 4 is 23.2 Å². The summed E-state index contributed by atoms with van der Waals surface area (Å²) in [5.74, 6) is 0.857. The normalized spacial score (nSPS) is 11.3. The van der Waals surface area contributed by atoms with Crippen LogP contribution in [0.3, 0.4) is 0 Å². The van der Waals surface area contributed by atoms with Crippen LogP contribution in [0.25, 0.3) is 0 Å². The van der Waals surface area contributed by atoms with Gasteiger partial charge in [-0.05, 0) is 42.8 Å². The van der Waals surface area contributed by atoms with Gasteiger partial charge in [-0.15, -0.1) is 0 Å². The lowest BCUT2D eigenvalue weighted by Crippen LogP contribution is -2.32. The molecule has 0 aliphatic rings. The van der Waals surface area contributed by atoms with E-state index in [0.29, 0.717) is 29.3 Å². The van der Waals surface area contributed by atoms with Crippen molar-refractivity contribution in [1.82, 2.24) is 0 Å². The number of anilines is 2. The molecule has 2 rings (SSSR count). The zero-order chi connectivity index (χ0) is 18.2. The first-order chi connectivity index (χ1) is 12.0. The van der Waals surface area contributed by atoms with Crippen LogP contribution in [0.2, 0.25) is 0 Å². The molecular formula is C19H22N2O4. The van der Waals surface area contributed by atoms with Gasteiger partial charge in [0, 0.05) is 24.4 Å². The van der Waals surface area contributed by atoms with Gasteiger partial charge in [-0.3, -0.25) is 9.59 Å². The number of rotatable bonds is 7. The van der Waals surface area contributed by atoms with Crippen LogP contribution in [0.15, 0.2) is 48.5 Å². The summed E-state index contributed by atoms with van der Waals surface area (Å²) in [5.41, 5.74) is 1.30. The quantitative estimate of drug-likeness (QED) is 0.808. The van der Waals surface area contributed by atoms with E-state index in [1.807, 2.05) is 13.0 Å². The Hall–Kier alpha value is -3.02. The second-order valence-corrected chi connectivity index (χ2v) is 5.44. The van der Waals surface area contributed by atoms with Crippen LogP contribution in [-0.2, 0) is 9.59 Å². The van der Waals surface area contributed by atoms with E-state index in [2.05, 4.69) is 10.6 Å². The van der Waals surface area contributed by atoms with Crippen LogP contribution in [0, 0.1) is 0 Å². The first-order valence-electron chi connectivity index (χ1n) is 8.01. The van der Waals surface area contributed by atoms with Crippen molar-refractivity contribution in [3.05, 3.63) is 48.5 Å². The molecule has 0 aliphatic carbocycles.